The molecule has 0 unspecified atom stereocenters. The van der Waals surface area contributed by atoms with Crippen LogP contribution in [0.5, 0.6) is 0 Å². The van der Waals surface area contributed by atoms with E-state index >= 15 is 0 Å². The molecule has 1 aromatic rings. The molecule has 0 atom stereocenters. The molecule has 0 aromatic carbocycles. The first-order valence-electron chi connectivity index (χ1n) is 7.91. The van der Waals surface area contributed by atoms with Gasteiger partial charge in [-0.15, -0.1) is 0 Å². The van der Waals surface area contributed by atoms with E-state index in [0.29, 0.717) is 11.3 Å². The summed E-state index contributed by atoms with van der Waals surface area (Å²) < 4.78 is 0. The molecular formula is C16H25N3. The average molecular weight is 259 g/mol. The number of nitrogens with one attached hydrogen (secondary N) is 1. The van der Waals surface area contributed by atoms with Crippen LogP contribution in [0, 0.1) is 17.8 Å². The molecule has 0 amide bonds. The van der Waals surface area contributed by atoms with Gasteiger partial charge in [0.15, 0.2) is 0 Å². The molecule has 3 nitrogen and oxygen atoms in total. The van der Waals surface area contributed by atoms with Gasteiger partial charge < -0.3 is 5.73 Å². The number of hydrogen-bond donors (Lipinski definition) is 2. The number of hydrogen-bond acceptors (Lipinski definition) is 2. The second-order valence-corrected chi connectivity index (χ2v) is 7.75. The Morgan fingerprint density at radius 2 is 1.63 bits per heavy atom. The zero-order valence-corrected chi connectivity index (χ0v) is 12.1. The first-order chi connectivity index (χ1) is 9.07. The van der Waals surface area contributed by atoms with E-state index in [2.05, 4.69) is 24.0 Å². The number of aromatic amines is 1. The fourth-order valence-electron chi connectivity index (χ4n) is 5.76. The summed E-state index contributed by atoms with van der Waals surface area (Å²) in [5, 5.41) is 7.57. The van der Waals surface area contributed by atoms with Crippen molar-refractivity contribution in [2.24, 2.45) is 17.8 Å². The van der Waals surface area contributed by atoms with Crippen LogP contribution < -0.4 is 5.73 Å². The Kier molecular flexibility index (Phi) is 2.34. The largest absolute Gasteiger partial charge is 0.382 e. The summed E-state index contributed by atoms with van der Waals surface area (Å²) in [5.41, 5.74) is 9.33. The van der Waals surface area contributed by atoms with Crippen molar-refractivity contribution in [3.05, 3.63) is 11.3 Å². The van der Waals surface area contributed by atoms with Crippen molar-refractivity contribution in [1.82, 2.24) is 10.2 Å². The van der Waals surface area contributed by atoms with Gasteiger partial charge in [0.1, 0.15) is 5.82 Å². The normalized spacial score (nSPS) is 40.3. The first-order valence-corrected chi connectivity index (χ1v) is 7.91. The number of rotatable bonds is 2. The van der Waals surface area contributed by atoms with Crippen LogP contribution in [0.25, 0.3) is 0 Å². The molecule has 4 aliphatic rings. The van der Waals surface area contributed by atoms with Crippen LogP contribution in [-0.4, -0.2) is 10.2 Å². The van der Waals surface area contributed by atoms with E-state index in [1.807, 2.05) is 0 Å². The molecule has 0 radical (unpaired) electrons. The molecule has 3 N–H and O–H groups in total. The van der Waals surface area contributed by atoms with Gasteiger partial charge in [-0.2, -0.15) is 5.10 Å². The van der Waals surface area contributed by atoms with Crippen molar-refractivity contribution in [2.45, 2.75) is 63.7 Å². The third kappa shape index (κ3) is 1.60. The van der Waals surface area contributed by atoms with Crippen molar-refractivity contribution >= 4 is 5.82 Å². The number of aromatic nitrogens is 2. The summed E-state index contributed by atoms with van der Waals surface area (Å²) in [6.45, 7) is 4.49. The van der Waals surface area contributed by atoms with Gasteiger partial charge in [0.05, 0.1) is 0 Å². The second kappa shape index (κ2) is 3.77. The van der Waals surface area contributed by atoms with E-state index in [9.17, 15) is 0 Å². The van der Waals surface area contributed by atoms with Crippen molar-refractivity contribution in [1.29, 1.82) is 0 Å². The highest BCUT2D eigenvalue weighted by molar-refractivity contribution is 5.50. The number of nitrogens with zero attached hydrogens (tertiary/aromatic N) is 1. The Balaban J connectivity index is 1.81. The van der Waals surface area contributed by atoms with Crippen LogP contribution in [0.1, 0.15) is 69.5 Å². The van der Waals surface area contributed by atoms with Crippen LogP contribution in [0.3, 0.4) is 0 Å². The molecule has 4 aliphatic carbocycles. The molecule has 4 fully saturated rings. The molecule has 1 aromatic heterocycles. The molecule has 0 saturated heterocycles. The lowest BCUT2D eigenvalue weighted by atomic mass is 9.48. The summed E-state index contributed by atoms with van der Waals surface area (Å²) >= 11 is 0. The fraction of sp³-hybridized carbons (Fsp3) is 0.812. The standard InChI is InChI=1S/C16H25N3/c1-9(2)14-13(15(17)19-18-14)16-6-10-3-11(7-16)5-12(4-10)8-16/h9-12H,3-8H2,1-2H3,(H3,17,18,19). The summed E-state index contributed by atoms with van der Waals surface area (Å²) in [7, 11) is 0. The Bertz CT molecular complexity index is 465. The maximum Gasteiger partial charge on any atom is 0.149 e. The lowest BCUT2D eigenvalue weighted by Gasteiger charge is -2.57. The first kappa shape index (κ1) is 11.8. The number of nitrogens with two attached hydrogens (primary N) is 1. The van der Waals surface area contributed by atoms with E-state index in [1.165, 1.54) is 49.8 Å². The lowest BCUT2D eigenvalue weighted by Crippen LogP contribution is -2.49. The molecule has 0 aliphatic heterocycles. The molecule has 3 heteroatoms. The summed E-state index contributed by atoms with van der Waals surface area (Å²) in [6.07, 6.45) is 8.53. The van der Waals surface area contributed by atoms with Crippen LogP contribution in [0.4, 0.5) is 5.82 Å². The predicted octanol–water partition coefficient (Wildman–Crippen LogP) is 3.58. The monoisotopic (exact) mass is 259 g/mol. The maximum absolute atomic E-state index is 6.26. The van der Waals surface area contributed by atoms with E-state index in [-0.39, 0.29) is 0 Å². The molecule has 4 saturated carbocycles. The molecule has 0 spiro atoms. The fourth-order valence-corrected chi connectivity index (χ4v) is 5.76. The van der Waals surface area contributed by atoms with Gasteiger partial charge in [0.2, 0.25) is 0 Å². The van der Waals surface area contributed by atoms with Crippen molar-refractivity contribution in [3.8, 4) is 0 Å². The van der Waals surface area contributed by atoms with Gasteiger partial charge >= 0.3 is 0 Å². The third-order valence-corrected chi connectivity index (χ3v) is 5.97. The molecule has 5 rings (SSSR count). The van der Waals surface area contributed by atoms with E-state index in [0.717, 1.165) is 23.6 Å². The SMILES string of the molecule is CC(C)c1[nH]nc(N)c1C12CC3CC(CC(C3)C1)C2. The average Bonchev–Trinajstić information content (AvgIpc) is 2.70. The smallest absolute Gasteiger partial charge is 0.149 e. The highest BCUT2D eigenvalue weighted by Crippen LogP contribution is 2.62. The lowest BCUT2D eigenvalue weighted by molar-refractivity contribution is -0.00531. The Hall–Kier alpha value is -0.990. The van der Waals surface area contributed by atoms with Gasteiger partial charge in [-0.05, 0) is 62.2 Å². The minimum absolute atomic E-state index is 0.367. The van der Waals surface area contributed by atoms with Crippen molar-refractivity contribution < 1.29 is 0 Å². The third-order valence-electron chi connectivity index (χ3n) is 5.97. The highest BCUT2D eigenvalue weighted by Gasteiger charge is 2.53. The molecule has 1 heterocycles. The number of nitrogen functional groups attached to an aromatic ring is 1. The maximum atomic E-state index is 6.26. The van der Waals surface area contributed by atoms with Crippen LogP contribution >= 0.6 is 0 Å². The molecule has 104 valence electrons. The zero-order valence-electron chi connectivity index (χ0n) is 12.1. The van der Waals surface area contributed by atoms with Gasteiger partial charge in [0, 0.05) is 16.7 Å². The van der Waals surface area contributed by atoms with Crippen molar-refractivity contribution in [2.75, 3.05) is 5.73 Å². The Morgan fingerprint density at radius 1 is 1.11 bits per heavy atom. The Morgan fingerprint density at radius 3 is 2.11 bits per heavy atom. The summed E-state index contributed by atoms with van der Waals surface area (Å²) in [5.74, 6) is 4.15. The topological polar surface area (TPSA) is 54.7 Å². The van der Waals surface area contributed by atoms with E-state index < -0.39 is 0 Å². The van der Waals surface area contributed by atoms with Gasteiger partial charge in [-0.3, -0.25) is 5.10 Å². The molecular weight excluding hydrogens is 234 g/mol. The summed E-state index contributed by atoms with van der Waals surface area (Å²) in [6, 6.07) is 0. The van der Waals surface area contributed by atoms with Crippen LogP contribution in [0.2, 0.25) is 0 Å². The predicted molar refractivity (Wildman–Crippen MR) is 76.9 cm³/mol. The van der Waals surface area contributed by atoms with Gasteiger partial charge in [-0.25, -0.2) is 0 Å². The van der Waals surface area contributed by atoms with Gasteiger partial charge in [-0.1, -0.05) is 13.8 Å². The minimum atomic E-state index is 0.367. The molecule has 4 bridgehead atoms. The zero-order chi connectivity index (χ0) is 13.2. The Labute approximate surface area is 115 Å². The number of anilines is 1. The van der Waals surface area contributed by atoms with E-state index in [4.69, 9.17) is 5.73 Å². The second-order valence-electron chi connectivity index (χ2n) is 7.75. The van der Waals surface area contributed by atoms with Crippen molar-refractivity contribution in [3.63, 3.8) is 0 Å². The van der Waals surface area contributed by atoms with Crippen LogP contribution in [0.15, 0.2) is 0 Å². The van der Waals surface area contributed by atoms with Gasteiger partial charge in [0.25, 0.3) is 0 Å². The van der Waals surface area contributed by atoms with Crippen LogP contribution in [-0.2, 0) is 5.41 Å². The number of H-pyrrole nitrogens is 1. The molecule has 19 heavy (non-hydrogen) atoms. The minimum Gasteiger partial charge on any atom is -0.382 e. The summed E-state index contributed by atoms with van der Waals surface area (Å²) in [4.78, 5) is 0. The quantitative estimate of drug-likeness (QED) is 0.853. The van der Waals surface area contributed by atoms with E-state index in [1.54, 1.807) is 0 Å². The highest BCUT2D eigenvalue weighted by atomic mass is 15.2.